The molecule has 0 fully saturated rings. The third kappa shape index (κ3) is 4.08. The summed E-state index contributed by atoms with van der Waals surface area (Å²) in [5, 5.41) is 0. The molecule has 0 N–H and O–H groups in total. The maximum atomic E-state index is 5.35. The Morgan fingerprint density at radius 3 is 2.53 bits per heavy atom. The molecule has 1 heteroatoms. The molecule has 0 rings (SSSR count). The van der Waals surface area contributed by atoms with Crippen molar-refractivity contribution in [2.45, 2.75) is 27.2 Å². The molecule has 0 amide bonds. The van der Waals surface area contributed by atoms with Crippen molar-refractivity contribution in [1.82, 2.24) is 0 Å². The Kier molecular flexibility index (Phi) is 5.56. The topological polar surface area (TPSA) is 9.23 Å². The number of hydrogen-bond acceptors (Lipinski definition) is 1. The predicted molar refractivity (Wildman–Crippen MR) is 66.3 cm³/mol. The fraction of sp³-hybridized carbons (Fsp3) is 0.429. The van der Waals surface area contributed by atoms with E-state index in [2.05, 4.69) is 39.8 Å². The highest BCUT2D eigenvalue weighted by molar-refractivity contribution is 5.32. The van der Waals surface area contributed by atoms with Gasteiger partial charge in [0.25, 0.3) is 0 Å². The smallest absolute Gasteiger partial charge is 0.148 e. The molecule has 82 valence electrons. The lowest BCUT2D eigenvalue weighted by Gasteiger charge is -2.27. The standard InChI is InChI=1S/C14H20O/c1-7-10-13(14(5,6)9-3)12(4)15-11-8-2/h2,7,10H,1,4,9,11H2,3,5-6H3/b13-10+. The minimum Gasteiger partial charge on any atom is -0.481 e. The van der Waals surface area contributed by atoms with Crippen molar-refractivity contribution in [2.24, 2.45) is 5.41 Å². The van der Waals surface area contributed by atoms with Crippen molar-refractivity contribution in [3.8, 4) is 12.3 Å². The van der Waals surface area contributed by atoms with Gasteiger partial charge in [-0.15, -0.1) is 6.42 Å². The van der Waals surface area contributed by atoms with Crippen molar-refractivity contribution in [3.05, 3.63) is 36.6 Å². The molecule has 0 aromatic heterocycles. The first-order valence-corrected chi connectivity index (χ1v) is 5.08. The van der Waals surface area contributed by atoms with E-state index in [1.165, 1.54) is 0 Å². The SMILES string of the molecule is C#CCOC(=C)/C(=C\C=C)C(C)(C)CC. The predicted octanol–water partition coefficient (Wildman–Crippen LogP) is 3.70. The average molecular weight is 204 g/mol. The zero-order valence-electron chi connectivity index (χ0n) is 9.97. The summed E-state index contributed by atoms with van der Waals surface area (Å²) in [5.41, 5.74) is 1.08. The van der Waals surface area contributed by atoms with Gasteiger partial charge < -0.3 is 4.74 Å². The van der Waals surface area contributed by atoms with Gasteiger partial charge in [-0.25, -0.2) is 0 Å². The Hall–Kier alpha value is -1.42. The van der Waals surface area contributed by atoms with E-state index in [4.69, 9.17) is 11.2 Å². The first-order chi connectivity index (χ1) is 6.99. The van der Waals surface area contributed by atoms with Crippen LogP contribution in [0, 0.1) is 17.8 Å². The zero-order chi connectivity index (χ0) is 11.9. The van der Waals surface area contributed by atoms with E-state index in [0.29, 0.717) is 5.76 Å². The fourth-order valence-electron chi connectivity index (χ4n) is 1.21. The average Bonchev–Trinajstić information content (AvgIpc) is 2.22. The van der Waals surface area contributed by atoms with Gasteiger partial charge in [-0.2, -0.15) is 0 Å². The summed E-state index contributed by atoms with van der Waals surface area (Å²) >= 11 is 0. The molecular formula is C14H20O. The van der Waals surface area contributed by atoms with Crippen LogP contribution in [0.2, 0.25) is 0 Å². The molecule has 0 unspecified atom stereocenters. The third-order valence-electron chi connectivity index (χ3n) is 2.53. The molecular weight excluding hydrogens is 184 g/mol. The molecule has 0 aliphatic rings. The van der Waals surface area contributed by atoms with E-state index >= 15 is 0 Å². The van der Waals surface area contributed by atoms with Crippen LogP contribution in [0.1, 0.15) is 27.2 Å². The van der Waals surface area contributed by atoms with Crippen LogP contribution < -0.4 is 0 Å². The molecule has 15 heavy (non-hydrogen) atoms. The first-order valence-electron chi connectivity index (χ1n) is 5.08. The van der Waals surface area contributed by atoms with Crippen molar-refractivity contribution >= 4 is 0 Å². The van der Waals surface area contributed by atoms with E-state index in [0.717, 1.165) is 12.0 Å². The van der Waals surface area contributed by atoms with Crippen LogP contribution in [0.25, 0.3) is 0 Å². The van der Waals surface area contributed by atoms with E-state index in [-0.39, 0.29) is 12.0 Å². The zero-order valence-corrected chi connectivity index (χ0v) is 9.97. The second-order valence-corrected chi connectivity index (χ2v) is 3.97. The van der Waals surface area contributed by atoms with Crippen molar-refractivity contribution < 1.29 is 4.74 Å². The van der Waals surface area contributed by atoms with Crippen molar-refractivity contribution in [3.63, 3.8) is 0 Å². The van der Waals surface area contributed by atoms with Crippen molar-refractivity contribution in [2.75, 3.05) is 6.61 Å². The Bertz CT molecular complexity index is 300. The maximum Gasteiger partial charge on any atom is 0.148 e. The Morgan fingerprint density at radius 1 is 1.53 bits per heavy atom. The van der Waals surface area contributed by atoms with Crippen LogP contribution >= 0.6 is 0 Å². The third-order valence-corrected chi connectivity index (χ3v) is 2.53. The van der Waals surface area contributed by atoms with Gasteiger partial charge in [0, 0.05) is 0 Å². The van der Waals surface area contributed by atoms with Gasteiger partial charge in [0.15, 0.2) is 0 Å². The molecule has 0 aliphatic carbocycles. The maximum absolute atomic E-state index is 5.35. The second kappa shape index (κ2) is 6.14. The van der Waals surface area contributed by atoms with E-state index in [9.17, 15) is 0 Å². The number of allylic oxidation sites excluding steroid dienone is 3. The Morgan fingerprint density at radius 2 is 2.13 bits per heavy atom. The normalized spacial score (nSPS) is 11.7. The molecule has 0 spiro atoms. The first kappa shape index (κ1) is 13.6. The minimum atomic E-state index is 0.0277. The van der Waals surface area contributed by atoms with Crippen molar-refractivity contribution in [1.29, 1.82) is 0 Å². The van der Waals surface area contributed by atoms with Crippen LogP contribution in [0.5, 0.6) is 0 Å². The van der Waals surface area contributed by atoms with Gasteiger partial charge in [0.05, 0.1) is 0 Å². The van der Waals surface area contributed by atoms with Crippen LogP contribution in [0.4, 0.5) is 0 Å². The molecule has 0 heterocycles. The Balaban J connectivity index is 4.85. The Labute approximate surface area is 93.5 Å². The molecule has 0 aromatic carbocycles. The van der Waals surface area contributed by atoms with Gasteiger partial charge >= 0.3 is 0 Å². The molecule has 0 aliphatic heterocycles. The lowest BCUT2D eigenvalue weighted by atomic mass is 9.80. The van der Waals surface area contributed by atoms with E-state index in [1.807, 2.05) is 6.08 Å². The van der Waals surface area contributed by atoms with E-state index in [1.54, 1.807) is 6.08 Å². The summed E-state index contributed by atoms with van der Waals surface area (Å²) in [6, 6.07) is 0. The summed E-state index contributed by atoms with van der Waals surface area (Å²) in [4.78, 5) is 0. The van der Waals surface area contributed by atoms with Gasteiger partial charge in [-0.05, 0) is 17.4 Å². The molecule has 0 saturated carbocycles. The number of rotatable bonds is 6. The van der Waals surface area contributed by atoms with Crippen LogP contribution in [0.3, 0.4) is 0 Å². The molecule has 1 nitrogen and oxygen atoms in total. The lowest BCUT2D eigenvalue weighted by molar-refractivity contribution is 0.245. The molecule has 0 radical (unpaired) electrons. The highest BCUT2D eigenvalue weighted by Crippen LogP contribution is 2.34. The second-order valence-electron chi connectivity index (χ2n) is 3.97. The van der Waals surface area contributed by atoms with Gasteiger partial charge in [-0.1, -0.05) is 52.0 Å². The van der Waals surface area contributed by atoms with Gasteiger partial charge in [0.1, 0.15) is 12.4 Å². The number of ether oxygens (including phenoxy) is 1. The number of terminal acetylenes is 1. The number of hydrogen-bond donors (Lipinski definition) is 0. The summed E-state index contributed by atoms with van der Waals surface area (Å²) in [6.45, 7) is 14.3. The highest BCUT2D eigenvalue weighted by Gasteiger charge is 2.23. The summed E-state index contributed by atoms with van der Waals surface area (Å²) in [7, 11) is 0. The van der Waals surface area contributed by atoms with Gasteiger partial charge in [0.2, 0.25) is 0 Å². The lowest BCUT2D eigenvalue weighted by Crippen LogP contribution is -2.16. The molecule has 0 atom stereocenters. The highest BCUT2D eigenvalue weighted by atomic mass is 16.5. The van der Waals surface area contributed by atoms with Crippen LogP contribution in [0.15, 0.2) is 36.6 Å². The molecule has 0 saturated heterocycles. The summed E-state index contributed by atoms with van der Waals surface area (Å²) in [5.74, 6) is 3.07. The van der Waals surface area contributed by atoms with E-state index < -0.39 is 0 Å². The largest absolute Gasteiger partial charge is 0.481 e. The quantitative estimate of drug-likeness (QED) is 0.364. The van der Waals surface area contributed by atoms with Crippen LogP contribution in [-0.4, -0.2) is 6.61 Å². The van der Waals surface area contributed by atoms with Crippen LogP contribution in [-0.2, 0) is 4.74 Å². The molecule has 0 bridgehead atoms. The fourth-order valence-corrected chi connectivity index (χ4v) is 1.21. The molecule has 0 aromatic rings. The monoisotopic (exact) mass is 204 g/mol. The minimum absolute atomic E-state index is 0.0277. The van der Waals surface area contributed by atoms with Gasteiger partial charge in [-0.3, -0.25) is 0 Å². The summed E-state index contributed by atoms with van der Waals surface area (Å²) < 4.78 is 5.35. The summed E-state index contributed by atoms with van der Waals surface area (Å²) in [6.07, 6.45) is 9.82.